The molecule has 2 N–H and O–H groups in total. The number of hydrogen-bond acceptors (Lipinski definition) is 3. The van der Waals surface area contributed by atoms with E-state index in [1.54, 1.807) is 0 Å². The van der Waals surface area contributed by atoms with E-state index in [-0.39, 0.29) is 18.1 Å². The molecule has 0 unspecified atom stereocenters. The average Bonchev–Trinajstić information content (AvgIpc) is 2.20. The van der Waals surface area contributed by atoms with E-state index in [1.807, 2.05) is 0 Å². The first-order valence-corrected chi connectivity index (χ1v) is 4.55. The zero-order valence-corrected chi connectivity index (χ0v) is 8.43. The van der Waals surface area contributed by atoms with Crippen molar-refractivity contribution in [1.82, 2.24) is 0 Å². The number of ether oxygens (including phenoxy) is 2. The number of nitrogens with two attached hydrogens (primary N) is 1. The molecule has 1 aromatic rings. The summed E-state index contributed by atoms with van der Waals surface area (Å²) < 4.78 is 35.9. The van der Waals surface area contributed by atoms with Crippen LogP contribution in [0.25, 0.3) is 0 Å². The quantitative estimate of drug-likeness (QED) is 0.763. The van der Waals surface area contributed by atoms with Crippen molar-refractivity contribution in [1.29, 1.82) is 0 Å². The number of halogens is 2. The summed E-state index contributed by atoms with van der Waals surface area (Å²) in [5.74, 6) is -1.50. The second-order valence-electron chi connectivity index (χ2n) is 2.91. The van der Waals surface area contributed by atoms with E-state index < -0.39 is 11.6 Å². The zero-order valence-electron chi connectivity index (χ0n) is 8.43. The zero-order chi connectivity index (χ0) is 11.3. The monoisotopic (exact) mass is 217 g/mol. The summed E-state index contributed by atoms with van der Waals surface area (Å²) in [4.78, 5) is 0. The normalized spacial score (nSPS) is 10.1. The Balaban J connectivity index is 2.84. The van der Waals surface area contributed by atoms with Gasteiger partial charge in [0.05, 0.1) is 13.7 Å². The molecular weight excluding hydrogens is 204 g/mol. The Hall–Kier alpha value is -1.36. The van der Waals surface area contributed by atoms with Gasteiger partial charge in [-0.2, -0.15) is 0 Å². The van der Waals surface area contributed by atoms with Crippen LogP contribution >= 0.6 is 0 Å². The smallest absolute Gasteiger partial charge is 0.197 e. The van der Waals surface area contributed by atoms with Gasteiger partial charge in [0.25, 0.3) is 0 Å². The molecule has 0 aliphatic rings. The highest BCUT2D eigenvalue weighted by Gasteiger charge is 2.13. The maximum absolute atomic E-state index is 13.2. The summed E-state index contributed by atoms with van der Waals surface area (Å²) >= 11 is 0. The molecule has 0 radical (unpaired) electrons. The van der Waals surface area contributed by atoms with Crippen molar-refractivity contribution in [2.24, 2.45) is 5.73 Å². The SMILES string of the molecule is COc1cc(F)cc(F)c1OCCCN. The van der Waals surface area contributed by atoms with E-state index in [2.05, 4.69) is 0 Å². The Kier molecular flexibility index (Phi) is 4.30. The Labute approximate surface area is 86.8 Å². The summed E-state index contributed by atoms with van der Waals surface area (Å²) in [7, 11) is 1.32. The lowest BCUT2D eigenvalue weighted by atomic mass is 10.3. The summed E-state index contributed by atoms with van der Waals surface area (Å²) in [6.45, 7) is 0.723. The molecule has 0 bridgehead atoms. The molecular formula is C10H13F2NO2. The third-order valence-corrected chi connectivity index (χ3v) is 1.79. The Morgan fingerprint density at radius 2 is 2.07 bits per heavy atom. The van der Waals surface area contributed by atoms with Crippen molar-refractivity contribution in [3.8, 4) is 11.5 Å². The molecule has 5 heteroatoms. The van der Waals surface area contributed by atoms with Crippen molar-refractivity contribution >= 4 is 0 Å². The van der Waals surface area contributed by atoms with E-state index >= 15 is 0 Å². The first kappa shape index (κ1) is 11.7. The van der Waals surface area contributed by atoms with Crippen LogP contribution in [0.4, 0.5) is 8.78 Å². The van der Waals surface area contributed by atoms with E-state index in [0.717, 1.165) is 12.1 Å². The van der Waals surface area contributed by atoms with Crippen molar-refractivity contribution in [3.05, 3.63) is 23.8 Å². The largest absolute Gasteiger partial charge is 0.493 e. The van der Waals surface area contributed by atoms with Crippen LogP contribution in [-0.2, 0) is 0 Å². The molecule has 0 fully saturated rings. The fraction of sp³-hybridized carbons (Fsp3) is 0.400. The summed E-state index contributed by atoms with van der Waals surface area (Å²) in [5, 5.41) is 0. The van der Waals surface area contributed by atoms with E-state index in [1.165, 1.54) is 7.11 Å². The van der Waals surface area contributed by atoms with Crippen molar-refractivity contribution in [2.75, 3.05) is 20.3 Å². The maximum Gasteiger partial charge on any atom is 0.197 e. The second kappa shape index (κ2) is 5.50. The molecule has 15 heavy (non-hydrogen) atoms. The van der Waals surface area contributed by atoms with Gasteiger partial charge in [-0.25, -0.2) is 8.78 Å². The molecule has 0 heterocycles. The fourth-order valence-electron chi connectivity index (χ4n) is 1.09. The molecule has 0 atom stereocenters. The molecule has 1 aromatic carbocycles. The molecule has 1 rings (SSSR count). The van der Waals surface area contributed by atoms with Crippen LogP contribution in [0.5, 0.6) is 11.5 Å². The minimum absolute atomic E-state index is 0.0459. The highest BCUT2D eigenvalue weighted by molar-refractivity contribution is 5.41. The molecule has 0 saturated carbocycles. The van der Waals surface area contributed by atoms with Gasteiger partial charge in [0.2, 0.25) is 0 Å². The van der Waals surface area contributed by atoms with Crippen LogP contribution in [0.2, 0.25) is 0 Å². The van der Waals surface area contributed by atoms with Gasteiger partial charge in [-0.1, -0.05) is 0 Å². The van der Waals surface area contributed by atoms with Crippen LogP contribution in [-0.4, -0.2) is 20.3 Å². The standard InChI is InChI=1S/C10H13F2NO2/c1-14-9-6-7(11)5-8(12)10(9)15-4-2-3-13/h5-6H,2-4,13H2,1H3. The van der Waals surface area contributed by atoms with E-state index in [0.29, 0.717) is 13.0 Å². The van der Waals surface area contributed by atoms with Gasteiger partial charge in [0.1, 0.15) is 5.82 Å². The van der Waals surface area contributed by atoms with Crippen LogP contribution in [0.1, 0.15) is 6.42 Å². The van der Waals surface area contributed by atoms with Gasteiger partial charge in [-0.3, -0.25) is 0 Å². The van der Waals surface area contributed by atoms with Gasteiger partial charge in [0.15, 0.2) is 17.3 Å². The van der Waals surface area contributed by atoms with Crippen molar-refractivity contribution in [3.63, 3.8) is 0 Å². The van der Waals surface area contributed by atoms with Gasteiger partial charge in [0, 0.05) is 12.1 Å². The average molecular weight is 217 g/mol. The first-order chi connectivity index (χ1) is 7.19. The fourth-order valence-corrected chi connectivity index (χ4v) is 1.09. The number of hydrogen-bond donors (Lipinski definition) is 1. The van der Waals surface area contributed by atoms with Gasteiger partial charge < -0.3 is 15.2 Å². The highest BCUT2D eigenvalue weighted by Crippen LogP contribution is 2.31. The lowest BCUT2D eigenvalue weighted by Gasteiger charge is -2.11. The van der Waals surface area contributed by atoms with E-state index in [4.69, 9.17) is 15.2 Å². The van der Waals surface area contributed by atoms with E-state index in [9.17, 15) is 8.78 Å². The minimum atomic E-state index is -0.774. The molecule has 0 aliphatic carbocycles. The predicted molar refractivity (Wildman–Crippen MR) is 52.1 cm³/mol. The Morgan fingerprint density at radius 3 is 2.67 bits per heavy atom. The van der Waals surface area contributed by atoms with Gasteiger partial charge in [-0.05, 0) is 13.0 Å². The van der Waals surface area contributed by atoms with Crippen LogP contribution < -0.4 is 15.2 Å². The topological polar surface area (TPSA) is 44.5 Å². The molecule has 0 spiro atoms. The first-order valence-electron chi connectivity index (χ1n) is 4.55. The molecule has 0 aliphatic heterocycles. The number of benzene rings is 1. The van der Waals surface area contributed by atoms with Gasteiger partial charge in [-0.15, -0.1) is 0 Å². The van der Waals surface area contributed by atoms with Crippen molar-refractivity contribution in [2.45, 2.75) is 6.42 Å². The predicted octanol–water partition coefficient (Wildman–Crippen LogP) is 1.70. The highest BCUT2D eigenvalue weighted by atomic mass is 19.1. The molecule has 84 valence electrons. The summed E-state index contributed by atoms with van der Waals surface area (Å²) in [5.41, 5.74) is 5.26. The number of methoxy groups -OCH3 is 1. The second-order valence-corrected chi connectivity index (χ2v) is 2.91. The number of rotatable bonds is 5. The van der Waals surface area contributed by atoms with Gasteiger partial charge >= 0.3 is 0 Å². The van der Waals surface area contributed by atoms with Crippen LogP contribution in [0.3, 0.4) is 0 Å². The molecule has 3 nitrogen and oxygen atoms in total. The molecule has 0 amide bonds. The third-order valence-electron chi connectivity index (χ3n) is 1.79. The minimum Gasteiger partial charge on any atom is -0.493 e. The third kappa shape index (κ3) is 3.06. The molecule has 0 saturated heterocycles. The Morgan fingerprint density at radius 1 is 1.33 bits per heavy atom. The molecule has 0 aromatic heterocycles. The summed E-state index contributed by atoms with van der Waals surface area (Å²) in [6, 6.07) is 1.82. The van der Waals surface area contributed by atoms with Crippen molar-refractivity contribution < 1.29 is 18.3 Å². The Bertz CT molecular complexity index is 331. The lowest BCUT2D eigenvalue weighted by molar-refractivity contribution is 0.275. The van der Waals surface area contributed by atoms with Crippen LogP contribution in [0, 0.1) is 11.6 Å². The lowest BCUT2D eigenvalue weighted by Crippen LogP contribution is -2.07. The van der Waals surface area contributed by atoms with Crippen LogP contribution in [0.15, 0.2) is 12.1 Å². The summed E-state index contributed by atoms with van der Waals surface area (Å²) in [6.07, 6.45) is 0.597. The maximum atomic E-state index is 13.2.